The lowest BCUT2D eigenvalue weighted by Gasteiger charge is -2.20. The van der Waals surface area contributed by atoms with Crippen LogP contribution in [0.4, 0.5) is 0 Å². The summed E-state index contributed by atoms with van der Waals surface area (Å²) in [6.45, 7) is 11.5. The van der Waals surface area contributed by atoms with Crippen LogP contribution in [0.25, 0.3) is 0 Å². The van der Waals surface area contributed by atoms with Crippen LogP contribution in [0.3, 0.4) is 0 Å². The zero-order valence-corrected chi connectivity index (χ0v) is 17.7. The Balaban J connectivity index is 4.47. The Kier molecular flexibility index (Phi) is 13.0. The van der Waals surface area contributed by atoms with E-state index in [0.29, 0.717) is 12.2 Å². The third kappa shape index (κ3) is 12.1. The summed E-state index contributed by atoms with van der Waals surface area (Å²) >= 11 is 1.38. The molecule has 0 aliphatic heterocycles. The minimum atomic E-state index is -0.581. The summed E-state index contributed by atoms with van der Waals surface area (Å²) in [6.07, 6.45) is 7.81. The first-order chi connectivity index (χ1) is 12.7. The van der Waals surface area contributed by atoms with Gasteiger partial charge in [0, 0.05) is 11.7 Å². The zero-order valence-electron chi connectivity index (χ0n) is 16.8. The lowest BCUT2D eigenvalue weighted by Crippen LogP contribution is -2.38. The van der Waals surface area contributed by atoms with Gasteiger partial charge in [0.25, 0.3) is 0 Å². The maximum absolute atomic E-state index is 12.2. The Morgan fingerprint density at radius 2 is 1.96 bits per heavy atom. The predicted molar refractivity (Wildman–Crippen MR) is 113 cm³/mol. The summed E-state index contributed by atoms with van der Waals surface area (Å²) in [5, 5.41) is 5.47. The third-order valence-corrected chi connectivity index (χ3v) is 4.90. The van der Waals surface area contributed by atoms with E-state index in [2.05, 4.69) is 30.2 Å². The van der Waals surface area contributed by atoms with Crippen LogP contribution in [-0.4, -0.2) is 41.8 Å². The Morgan fingerprint density at radius 3 is 2.48 bits per heavy atom. The van der Waals surface area contributed by atoms with E-state index in [1.165, 1.54) is 17.3 Å². The van der Waals surface area contributed by atoms with Gasteiger partial charge in [-0.1, -0.05) is 44.2 Å². The number of hydrogen-bond donors (Lipinski definition) is 3. The molecule has 0 bridgehead atoms. The fourth-order valence-corrected chi connectivity index (χ4v) is 3.16. The van der Waals surface area contributed by atoms with Crippen molar-refractivity contribution in [2.75, 3.05) is 18.1 Å². The average molecular weight is 396 g/mol. The molecular formula is C20H33N3O3S. The molecule has 0 aromatic rings. The highest BCUT2D eigenvalue weighted by molar-refractivity contribution is 7.99. The van der Waals surface area contributed by atoms with Crippen molar-refractivity contribution in [3.63, 3.8) is 0 Å². The number of amides is 3. The molecular weight excluding hydrogens is 362 g/mol. The van der Waals surface area contributed by atoms with E-state index in [9.17, 15) is 14.4 Å². The molecule has 27 heavy (non-hydrogen) atoms. The van der Waals surface area contributed by atoms with Crippen molar-refractivity contribution in [3.8, 4) is 0 Å². The van der Waals surface area contributed by atoms with Gasteiger partial charge in [-0.25, -0.2) is 0 Å². The van der Waals surface area contributed by atoms with Gasteiger partial charge in [0.15, 0.2) is 0 Å². The number of carbonyl (C=O) groups excluding carboxylic acids is 3. The second kappa shape index (κ2) is 14.1. The zero-order chi connectivity index (χ0) is 20.8. The first-order valence-corrected chi connectivity index (χ1v) is 10.3. The first kappa shape index (κ1) is 25.0. The molecule has 0 aromatic carbocycles. The molecule has 0 saturated heterocycles. The van der Waals surface area contributed by atoms with E-state index in [-0.39, 0.29) is 36.1 Å². The van der Waals surface area contributed by atoms with Crippen LogP contribution in [0, 0.1) is 5.92 Å². The number of thioether (sulfide) groups is 1. The van der Waals surface area contributed by atoms with Crippen LogP contribution in [0.15, 0.2) is 36.0 Å². The lowest BCUT2D eigenvalue weighted by molar-refractivity contribution is -0.126. The number of primary amides is 1. The van der Waals surface area contributed by atoms with Gasteiger partial charge < -0.3 is 16.4 Å². The Bertz CT molecular complexity index is 585. The van der Waals surface area contributed by atoms with Gasteiger partial charge in [0.05, 0.1) is 18.3 Å². The van der Waals surface area contributed by atoms with Crippen molar-refractivity contribution in [1.82, 2.24) is 10.6 Å². The van der Waals surface area contributed by atoms with Gasteiger partial charge in [-0.15, -0.1) is 0 Å². The topological polar surface area (TPSA) is 101 Å². The molecule has 0 radical (unpaired) electrons. The normalized spacial score (nSPS) is 13.9. The molecule has 4 N–H and O–H groups in total. The monoisotopic (exact) mass is 395 g/mol. The summed E-state index contributed by atoms with van der Waals surface area (Å²) in [4.78, 5) is 34.7. The van der Waals surface area contributed by atoms with E-state index >= 15 is 0 Å². The lowest BCUT2D eigenvalue weighted by atomic mass is 9.99. The first-order valence-electron chi connectivity index (χ1n) is 9.11. The molecule has 0 aliphatic rings. The maximum atomic E-state index is 12.2. The molecule has 0 heterocycles. The van der Waals surface area contributed by atoms with E-state index in [1.54, 1.807) is 6.92 Å². The van der Waals surface area contributed by atoms with Crippen molar-refractivity contribution >= 4 is 29.5 Å². The molecule has 0 rings (SSSR count). The Labute approximate surface area is 167 Å². The highest BCUT2D eigenvalue weighted by atomic mass is 32.2. The minimum absolute atomic E-state index is 0.0888. The van der Waals surface area contributed by atoms with E-state index in [4.69, 9.17) is 5.73 Å². The number of nitrogens with one attached hydrogen (secondary N) is 2. The van der Waals surface area contributed by atoms with Gasteiger partial charge in [0.1, 0.15) is 0 Å². The van der Waals surface area contributed by atoms with Crippen LogP contribution in [0.2, 0.25) is 0 Å². The van der Waals surface area contributed by atoms with Crippen LogP contribution < -0.4 is 16.4 Å². The molecule has 3 amide bonds. The fraction of sp³-hybridized carbons (Fsp3) is 0.550. The molecule has 6 nitrogen and oxygen atoms in total. The Morgan fingerprint density at radius 1 is 1.30 bits per heavy atom. The molecule has 0 aromatic heterocycles. The summed E-state index contributed by atoms with van der Waals surface area (Å²) < 4.78 is 0. The number of rotatable bonds is 13. The quantitative estimate of drug-likeness (QED) is 0.329. The van der Waals surface area contributed by atoms with E-state index < -0.39 is 5.91 Å². The molecule has 2 unspecified atom stereocenters. The molecule has 152 valence electrons. The maximum Gasteiger partial charge on any atom is 0.236 e. The average Bonchev–Trinajstić information content (AvgIpc) is 2.59. The van der Waals surface area contributed by atoms with Crippen LogP contribution in [0.1, 0.15) is 40.5 Å². The third-order valence-electron chi connectivity index (χ3n) is 3.70. The molecule has 0 spiro atoms. The van der Waals surface area contributed by atoms with Crippen molar-refractivity contribution in [1.29, 1.82) is 0 Å². The molecule has 0 saturated carbocycles. The van der Waals surface area contributed by atoms with Crippen LogP contribution in [0.5, 0.6) is 0 Å². The SMILES string of the molecule is C=C(C)C(CC(/C=C\C)=C/CC)NC(=O)CSCC(C)C(=O)NCC(N)=O. The second-order valence-electron chi connectivity index (χ2n) is 6.46. The Hall–Kier alpha value is -2.02. The van der Waals surface area contributed by atoms with Crippen LogP contribution >= 0.6 is 11.8 Å². The standard InChI is InChI=1S/C20H33N3O3S/c1-6-8-16(9-7-2)10-17(14(3)4)23-19(25)13-27-12-15(5)20(26)22-11-18(21)24/h6,8-9,15,17H,3,7,10-13H2,1-2,4-5H3,(H2,21,24)(H,22,26)(H,23,25)/b8-6-,16-9+. The molecule has 0 fully saturated rings. The largest absolute Gasteiger partial charge is 0.368 e. The van der Waals surface area contributed by atoms with Gasteiger partial charge in [-0.2, -0.15) is 11.8 Å². The van der Waals surface area contributed by atoms with Gasteiger partial charge in [-0.05, 0) is 32.3 Å². The highest BCUT2D eigenvalue weighted by Crippen LogP contribution is 2.15. The minimum Gasteiger partial charge on any atom is -0.368 e. The van der Waals surface area contributed by atoms with E-state index in [0.717, 1.165) is 12.0 Å². The number of nitrogens with two attached hydrogens (primary N) is 1. The smallest absolute Gasteiger partial charge is 0.236 e. The summed E-state index contributed by atoms with van der Waals surface area (Å²) in [6, 6.07) is -0.122. The fourth-order valence-electron chi connectivity index (χ4n) is 2.27. The summed E-state index contributed by atoms with van der Waals surface area (Å²) in [5.74, 6) is -0.491. The van der Waals surface area contributed by atoms with Crippen molar-refractivity contribution in [3.05, 3.63) is 36.0 Å². The number of hydrogen-bond acceptors (Lipinski definition) is 4. The summed E-state index contributed by atoms with van der Waals surface area (Å²) in [7, 11) is 0. The number of carbonyl (C=O) groups is 3. The molecule has 0 aliphatic carbocycles. The van der Waals surface area contributed by atoms with Crippen LogP contribution in [-0.2, 0) is 14.4 Å². The second-order valence-corrected chi connectivity index (χ2v) is 7.49. The highest BCUT2D eigenvalue weighted by Gasteiger charge is 2.17. The summed E-state index contributed by atoms with van der Waals surface area (Å²) in [5.41, 5.74) is 7.07. The van der Waals surface area contributed by atoms with Crippen molar-refractivity contribution < 1.29 is 14.4 Å². The number of allylic oxidation sites excluding steroid dienone is 3. The van der Waals surface area contributed by atoms with Gasteiger partial charge >= 0.3 is 0 Å². The van der Waals surface area contributed by atoms with Gasteiger partial charge in [0.2, 0.25) is 17.7 Å². The van der Waals surface area contributed by atoms with E-state index in [1.807, 2.05) is 26.0 Å². The van der Waals surface area contributed by atoms with Gasteiger partial charge in [-0.3, -0.25) is 14.4 Å². The van der Waals surface area contributed by atoms with Crippen molar-refractivity contribution in [2.45, 2.75) is 46.6 Å². The van der Waals surface area contributed by atoms with Crippen molar-refractivity contribution in [2.24, 2.45) is 11.7 Å². The molecule has 2 atom stereocenters. The molecule has 7 heteroatoms. The predicted octanol–water partition coefficient (Wildman–Crippen LogP) is 2.32.